The largest absolute Gasteiger partial charge is 0.497 e. The lowest BCUT2D eigenvalue weighted by Crippen LogP contribution is -2.07. The van der Waals surface area contributed by atoms with Crippen molar-refractivity contribution in [1.29, 1.82) is 0 Å². The van der Waals surface area contributed by atoms with Crippen molar-refractivity contribution in [2.24, 2.45) is 0 Å². The maximum absolute atomic E-state index is 11.2. The lowest BCUT2D eigenvalue weighted by atomic mass is 10.1. The van der Waals surface area contributed by atoms with Crippen molar-refractivity contribution in [2.45, 2.75) is 26.7 Å². The van der Waals surface area contributed by atoms with Gasteiger partial charge in [-0.1, -0.05) is 32.1 Å². The molecule has 4 rings (SSSR count). The Labute approximate surface area is 209 Å². The second kappa shape index (κ2) is 11.0. The Hall–Kier alpha value is -3.97. The number of aromatic carboxylic acids is 1. The number of aromatic nitrogens is 2. The standard InChI is InChI=1S/C28H27N3O3S/c1-4-23-24(5-2)30-27(31-26(23)29-20-11-9-19(10-12-20)28(32)33)25-17-16-22(35-25)15-8-18-6-13-21(34-3)14-7-18/h6-17H,4-5H2,1-3H3,(H,32,33)(H,29,30,31)/b15-8+. The van der Waals surface area contributed by atoms with Gasteiger partial charge in [0.25, 0.3) is 0 Å². The fraction of sp³-hybridized carbons (Fsp3) is 0.179. The first-order chi connectivity index (χ1) is 17.0. The molecule has 0 aliphatic carbocycles. The smallest absolute Gasteiger partial charge is 0.335 e. The topological polar surface area (TPSA) is 84.3 Å². The average Bonchev–Trinajstić information content (AvgIpc) is 3.36. The van der Waals surface area contributed by atoms with E-state index in [2.05, 4.69) is 37.4 Å². The summed E-state index contributed by atoms with van der Waals surface area (Å²) in [5.41, 5.74) is 4.20. The molecule has 2 N–H and O–H groups in total. The number of carboxylic acids is 1. The molecule has 0 unspecified atom stereocenters. The molecule has 6 nitrogen and oxygen atoms in total. The van der Waals surface area contributed by atoms with Gasteiger partial charge < -0.3 is 15.2 Å². The molecule has 178 valence electrons. The van der Waals surface area contributed by atoms with Gasteiger partial charge in [-0.3, -0.25) is 0 Å². The Morgan fingerprint density at radius 1 is 0.971 bits per heavy atom. The van der Waals surface area contributed by atoms with Gasteiger partial charge >= 0.3 is 5.97 Å². The molecule has 0 saturated carbocycles. The van der Waals surface area contributed by atoms with Gasteiger partial charge in [-0.05, 0) is 73.0 Å². The number of carboxylic acid groups (broad SMARTS) is 1. The van der Waals surface area contributed by atoms with Crippen LogP contribution in [0.3, 0.4) is 0 Å². The van der Waals surface area contributed by atoms with Gasteiger partial charge in [-0.15, -0.1) is 11.3 Å². The number of nitrogens with one attached hydrogen (secondary N) is 1. The highest BCUT2D eigenvalue weighted by Gasteiger charge is 2.15. The molecule has 0 fully saturated rings. The van der Waals surface area contributed by atoms with Crippen LogP contribution < -0.4 is 10.1 Å². The number of carbonyl (C=O) groups is 1. The van der Waals surface area contributed by atoms with Crippen LogP contribution in [0.4, 0.5) is 11.5 Å². The van der Waals surface area contributed by atoms with E-state index in [9.17, 15) is 4.79 Å². The monoisotopic (exact) mass is 485 g/mol. The summed E-state index contributed by atoms with van der Waals surface area (Å²) in [5.74, 6) is 1.32. The van der Waals surface area contributed by atoms with Gasteiger partial charge in [0.15, 0.2) is 5.82 Å². The first-order valence-corrected chi connectivity index (χ1v) is 12.2. The Kier molecular flexibility index (Phi) is 7.57. The molecule has 2 heterocycles. The molecule has 4 aromatic rings. The summed E-state index contributed by atoms with van der Waals surface area (Å²) in [4.78, 5) is 23.0. The maximum atomic E-state index is 11.2. The highest BCUT2D eigenvalue weighted by atomic mass is 32.1. The number of rotatable bonds is 9. The molecule has 0 atom stereocenters. The second-order valence-electron chi connectivity index (χ2n) is 7.84. The zero-order chi connectivity index (χ0) is 24.8. The SMILES string of the molecule is CCc1nc(-c2ccc(/C=C/c3ccc(OC)cc3)s2)nc(Nc2ccc(C(=O)O)cc2)c1CC. The molecule has 2 aromatic heterocycles. The molecule has 35 heavy (non-hydrogen) atoms. The van der Waals surface area contributed by atoms with Gasteiger partial charge in [-0.2, -0.15) is 0 Å². The molecule has 0 spiro atoms. The average molecular weight is 486 g/mol. The Balaban J connectivity index is 1.61. The third kappa shape index (κ3) is 5.75. The minimum absolute atomic E-state index is 0.248. The van der Waals surface area contributed by atoms with Crippen LogP contribution in [0.2, 0.25) is 0 Å². The Morgan fingerprint density at radius 2 is 1.71 bits per heavy atom. The van der Waals surface area contributed by atoms with Crippen molar-refractivity contribution in [3.8, 4) is 16.5 Å². The number of methoxy groups -OCH3 is 1. The molecular weight excluding hydrogens is 458 g/mol. The van der Waals surface area contributed by atoms with Crippen LogP contribution in [-0.4, -0.2) is 28.2 Å². The van der Waals surface area contributed by atoms with Gasteiger partial charge in [0.05, 0.1) is 17.6 Å². The van der Waals surface area contributed by atoms with E-state index in [0.29, 0.717) is 5.82 Å². The van der Waals surface area contributed by atoms with Crippen LogP contribution >= 0.6 is 11.3 Å². The van der Waals surface area contributed by atoms with E-state index in [0.717, 1.165) is 56.7 Å². The minimum Gasteiger partial charge on any atom is -0.497 e. The number of nitrogens with zero attached hydrogens (tertiary/aromatic N) is 2. The number of anilines is 2. The predicted octanol–water partition coefficient (Wildman–Crippen LogP) is 6.95. The molecule has 7 heteroatoms. The van der Waals surface area contributed by atoms with Crippen molar-refractivity contribution in [2.75, 3.05) is 12.4 Å². The molecule has 0 aliphatic rings. The third-order valence-corrected chi connectivity index (χ3v) is 6.63. The summed E-state index contributed by atoms with van der Waals surface area (Å²) in [6, 6.07) is 18.7. The number of aryl methyl sites for hydroxylation is 1. The summed E-state index contributed by atoms with van der Waals surface area (Å²) >= 11 is 1.64. The van der Waals surface area contributed by atoms with Crippen molar-refractivity contribution in [1.82, 2.24) is 9.97 Å². The number of ether oxygens (including phenoxy) is 1. The minimum atomic E-state index is -0.946. The van der Waals surface area contributed by atoms with Crippen LogP contribution in [-0.2, 0) is 12.8 Å². The molecule has 0 radical (unpaired) electrons. The molecule has 0 bridgehead atoms. The van der Waals surface area contributed by atoms with E-state index in [1.807, 2.05) is 30.3 Å². The third-order valence-electron chi connectivity index (χ3n) is 5.58. The molecule has 2 aromatic carbocycles. The normalized spacial score (nSPS) is 11.1. The zero-order valence-corrected chi connectivity index (χ0v) is 20.7. The summed E-state index contributed by atoms with van der Waals surface area (Å²) < 4.78 is 5.22. The second-order valence-corrected chi connectivity index (χ2v) is 8.96. The van der Waals surface area contributed by atoms with E-state index in [1.54, 1.807) is 42.7 Å². The number of hydrogen-bond donors (Lipinski definition) is 2. The van der Waals surface area contributed by atoms with Crippen LogP contribution in [0, 0.1) is 0 Å². The summed E-state index contributed by atoms with van der Waals surface area (Å²) in [6.07, 6.45) is 5.74. The van der Waals surface area contributed by atoms with E-state index in [1.165, 1.54) is 0 Å². The molecule has 0 aliphatic heterocycles. The van der Waals surface area contributed by atoms with Gasteiger partial charge in [0, 0.05) is 21.8 Å². The van der Waals surface area contributed by atoms with Gasteiger partial charge in [-0.25, -0.2) is 14.8 Å². The lowest BCUT2D eigenvalue weighted by molar-refractivity contribution is 0.0697. The first kappa shape index (κ1) is 24.2. The molecular formula is C28H27N3O3S. The van der Waals surface area contributed by atoms with Crippen molar-refractivity contribution >= 4 is 41.0 Å². The van der Waals surface area contributed by atoms with Crippen molar-refractivity contribution in [3.63, 3.8) is 0 Å². The number of hydrogen-bond acceptors (Lipinski definition) is 6. The highest BCUT2D eigenvalue weighted by Crippen LogP contribution is 2.31. The van der Waals surface area contributed by atoms with Gasteiger partial charge in [0.2, 0.25) is 0 Å². The predicted molar refractivity (Wildman–Crippen MR) is 143 cm³/mol. The van der Waals surface area contributed by atoms with Crippen LogP contribution in [0.25, 0.3) is 22.9 Å². The summed E-state index contributed by atoms with van der Waals surface area (Å²) in [5, 5.41) is 12.5. The van der Waals surface area contributed by atoms with Crippen molar-refractivity contribution < 1.29 is 14.6 Å². The van der Waals surface area contributed by atoms with E-state index < -0.39 is 5.97 Å². The van der Waals surface area contributed by atoms with Crippen molar-refractivity contribution in [3.05, 3.63) is 87.9 Å². The van der Waals surface area contributed by atoms with E-state index in [4.69, 9.17) is 19.8 Å². The molecule has 0 amide bonds. The summed E-state index contributed by atoms with van der Waals surface area (Å²) in [7, 11) is 1.66. The fourth-order valence-electron chi connectivity index (χ4n) is 3.70. The van der Waals surface area contributed by atoms with E-state index in [-0.39, 0.29) is 5.56 Å². The van der Waals surface area contributed by atoms with Crippen LogP contribution in [0.1, 0.15) is 45.9 Å². The fourth-order valence-corrected chi connectivity index (χ4v) is 4.54. The van der Waals surface area contributed by atoms with E-state index >= 15 is 0 Å². The molecule has 0 saturated heterocycles. The van der Waals surface area contributed by atoms with Gasteiger partial charge in [0.1, 0.15) is 11.6 Å². The number of thiophene rings is 1. The highest BCUT2D eigenvalue weighted by molar-refractivity contribution is 7.16. The first-order valence-electron chi connectivity index (χ1n) is 11.4. The zero-order valence-electron chi connectivity index (χ0n) is 19.9. The number of benzene rings is 2. The Bertz CT molecular complexity index is 1340. The summed E-state index contributed by atoms with van der Waals surface area (Å²) in [6.45, 7) is 4.18. The lowest BCUT2D eigenvalue weighted by Gasteiger charge is -2.15. The Morgan fingerprint density at radius 3 is 2.34 bits per heavy atom. The van der Waals surface area contributed by atoms with Crippen LogP contribution in [0.5, 0.6) is 5.75 Å². The quantitative estimate of drug-likeness (QED) is 0.267. The van der Waals surface area contributed by atoms with Crippen LogP contribution in [0.15, 0.2) is 60.7 Å². The maximum Gasteiger partial charge on any atom is 0.335 e.